The molecule has 0 aliphatic carbocycles. The molecule has 0 saturated carbocycles. The number of aromatic nitrogens is 2. The van der Waals surface area contributed by atoms with Gasteiger partial charge in [-0.25, -0.2) is 4.98 Å². The SMILES string of the molecule is Cc1ncn(CC(=O)Nc2ccc(Cl)cc2)c(=O)c1Br. The molecule has 0 unspecified atom stereocenters. The number of hydrogen-bond acceptors (Lipinski definition) is 3. The van der Waals surface area contributed by atoms with Crippen LogP contribution in [0.15, 0.2) is 39.9 Å². The van der Waals surface area contributed by atoms with Crippen LogP contribution >= 0.6 is 27.5 Å². The Morgan fingerprint density at radius 1 is 1.40 bits per heavy atom. The zero-order valence-electron chi connectivity index (χ0n) is 10.6. The number of halogens is 2. The van der Waals surface area contributed by atoms with Gasteiger partial charge in [0.25, 0.3) is 5.56 Å². The predicted octanol–water partition coefficient (Wildman–Crippen LogP) is 2.61. The molecule has 20 heavy (non-hydrogen) atoms. The fraction of sp³-hybridized carbons (Fsp3) is 0.154. The highest BCUT2D eigenvalue weighted by Gasteiger charge is 2.09. The van der Waals surface area contributed by atoms with Crippen LogP contribution in [0.5, 0.6) is 0 Å². The molecular formula is C13H11BrClN3O2. The molecule has 7 heteroatoms. The smallest absolute Gasteiger partial charge is 0.268 e. The number of aryl methyl sites for hydroxylation is 1. The molecule has 5 nitrogen and oxygen atoms in total. The number of carbonyl (C=O) groups is 1. The van der Waals surface area contributed by atoms with Crippen LogP contribution in [0.3, 0.4) is 0 Å². The monoisotopic (exact) mass is 355 g/mol. The van der Waals surface area contributed by atoms with Crippen molar-refractivity contribution in [2.24, 2.45) is 0 Å². The van der Waals surface area contributed by atoms with E-state index in [9.17, 15) is 9.59 Å². The van der Waals surface area contributed by atoms with Crippen LogP contribution in [0.25, 0.3) is 0 Å². The summed E-state index contributed by atoms with van der Waals surface area (Å²) in [5.41, 5.74) is 0.916. The van der Waals surface area contributed by atoms with E-state index in [1.807, 2.05) is 0 Å². The minimum absolute atomic E-state index is 0.104. The van der Waals surface area contributed by atoms with Crippen molar-refractivity contribution in [3.63, 3.8) is 0 Å². The summed E-state index contributed by atoms with van der Waals surface area (Å²) >= 11 is 8.91. The molecule has 104 valence electrons. The highest BCUT2D eigenvalue weighted by atomic mass is 79.9. The molecule has 0 radical (unpaired) electrons. The molecule has 0 fully saturated rings. The van der Waals surface area contributed by atoms with Crippen molar-refractivity contribution in [2.45, 2.75) is 13.5 Å². The van der Waals surface area contributed by atoms with E-state index in [-0.39, 0.29) is 18.0 Å². The number of nitrogens with one attached hydrogen (secondary N) is 1. The van der Waals surface area contributed by atoms with E-state index in [0.717, 1.165) is 0 Å². The molecule has 0 saturated heterocycles. The van der Waals surface area contributed by atoms with Crippen molar-refractivity contribution >= 4 is 39.1 Å². The summed E-state index contributed by atoms with van der Waals surface area (Å²) in [6.45, 7) is 1.61. The molecule has 1 heterocycles. The summed E-state index contributed by atoms with van der Waals surface area (Å²) in [6, 6.07) is 6.72. The molecule has 1 aromatic heterocycles. The van der Waals surface area contributed by atoms with Crippen LogP contribution in [0.1, 0.15) is 5.69 Å². The van der Waals surface area contributed by atoms with E-state index >= 15 is 0 Å². The number of hydrogen-bond donors (Lipinski definition) is 1. The van der Waals surface area contributed by atoms with Gasteiger partial charge in [0.05, 0.1) is 12.0 Å². The van der Waals surface area contributed by atoms with Crippen molar-refractivity contribution < 1.29 is 4.79 Å². The summed E-state index contributed by atoms with van der Waals surface area (Å²) < 4.78 is 1.60. The zero-order valence-corrected chi connectivity index (χ0v) is 12.9. The van der Waals surface area contributed by atoms with Gasteiger partial charge >= 0.3 is 0 Å². The van der Waals surface area contributed by atoms with E-state index in [4.69, 9.17) is 11.6 Å². The largest absolute Gasteiger partial charge is 0.325 e. The Morgan fingerprint density at radius 2 is 2.05 bits per heavy atom. The first-order chi connectivity index (χ1) is 9.47. The zero-order chi connectivity index (χ0) is 14.7. The number of anilines is 1. The Bertz CT molecular complexity index is 698. The van der Waals surface area contributed by atoms with Gasteiger partial charge in [0.15, 0.2) is 0 Å². The number of nitrogens with zero attached hydrogens (tertiary/aromatic N) is 2. The van der Waals surface area contributed by atoms with Crippen molar-refractivity contribution in [1.82, 2.24) is 9.55 Å². The van der Waals surface area contributed by atoms with Crippen LogP contribution in [0.2, 0.25) is 5.02 Å². The highest BCUT2D eigenvalue weighted by molar-refractivity contribution is 9.10. The topological polar surface area (TPSA) is 64.0 Å². The standard InChI is InChI=1S/C13H11BrClN3O2/c1-8-12(14)13(20)18(7-16-8)6-11(19)17-10-4-2-9(15)3-5-10/h2-5,7H,6H2,1H3,(H,17,19). The maximum absolute atomic E-state index is 11.9. The van der Waals surface area contributed by atoms with Crippen molar-refractivity contribution in [3.8, 4) is 0 Å². The van der Waals surface area contributed by atoms with Gasteiger partial charge in [-0.05, 0) is 47.1 Å². The molecule has 2 aromatic rings. The number of benzene rings is 1. The molecule has 0 aliphatic heterocycles. The molecule has 1 aromatic carbocycles. The van der Waals surface area contributed by atoms with Gasteiger partial charge in [0.1, 0.15) is 11.0 Å². The minimum Gasteiger partial charge on any atom is -0.325 e. The molecule has 1 amide bonds. The average Bonchev–Trinajstić information content (AvgIpc) is 2.42. The van der Waals surface area contributed by atoms with Gasteiger partial charge in [-0.3, -0.25) is 14.2 Å². The predicted molar refractivity (Wildman–Crippen MR) is 81.0 cm³/mol. The molecule has 2 rings (SSSR count). The Labute approximate surface area is 128 Å². The minimum atomic E-state index is -0.313. The molecule has 0 atom stereocenters. The third kappa shape index (κ3) is 3.46. The highest BCUT2D eigenvalue weighted by Crippen LogP contribution is 2.13. The summed E-state index contributed by atoms with van der Waals surface area (Å²) in [4.78, 5) is 27.8. The second-order valence-electron chi connectivity index (χ2n) is 4.13. The quantitative estimate of drug-likeness (QED) is 0.919. The Hall–Kier alpha value is -1.66. The maximum Gasteiger partial charge on any atom is 0.268 e. The maximum atomic E-state index is 11.9. The lowest BCUT2D eigenvalue weighted by Gasteiger charge is -2.08. The van der Waals surface area contributed by atoms with Gasteiger partial charge in [-0.15, -0.1) is 0 Å². The Kier molecular flexibility index (Phi) is 4.57. The first-order valence-corrected chi connectivity index (χ1v) is 6.91. The van der Waals surface area contributed by atoms with E-state index < -0.39 is 0 Å². The number of rotatable bonds is 3. The lowest BCUT2D eigenvalue weighted by atomic mass is 10.3. The Balaban J connectivity index is 2.11. The van der Waals surface area contributed by atoms with Gasteiger partial charge < -0.3 is 5.32 Å². The van der Waals surface area contributed by atoms with Crippen molar-refractivity contribution in [2.75, 3.05) is 5.32 Å². The summed E-state index contributed by atoms with van der Waals surface area (Å²) in [6.07, 6.45) is 1.35. The van der Waals surface area contributed by atoms with Gasteiger partial charge in [-0.2, -0.15) is 0 Å². The second-order valence-corrected chi connectivity index (χ2v) is 5.36. The fourth-order valence-electron chi connectivity index (χ4n) is 1.55. The van der Waals surface area contributed by atoms with Crippen LogP contribution in [0.4, 0.5) is 5.69 Å². The van der Waals surface area contributed by atoms with Crippen LogP contribution in [0, 0.1) is 6.92 Å². The van der Waals surface area contributed by atoms with Crippen LogP contribution in [-0.2, 0) is 11.3 Å². The van der Waals surface area contributed by atoms with Crippen LogP contribution < -0.4 is 10.9 Å². The average molecular weight is 357 g/mol. The van der Waals surface area contributed by atoms with E-state index in [0.29, 0.717) is 20.9 Å². The summed E-state index contributed by atoms with van der Waals surface area (Å²) in [5.74, 6) is -0.313. The number of carbonyl (C=O) groups excluding carboxylic acids is 1. The second kappa shape index (κ2) is 6.19. The summed E-state index contributed by atoms with van der Waals surface area (Å²) in [5, 5.41) is 3.27. The third-order valence-electron chi connectivity index (χ3n) is 2.60. The van der Waals surface area contributed by atoms with E-state index in [2.05, 4.69) is 26.2 Å². The first-order valence-electron chi connectivity index (χ1n) is 5.74. The van der Waals surface area contributed by atoms with Gasteiger partial charge in [0.2, 0.25) is 5.91 Å². The van der Waals surface area contributed by atoms with Crippen molar-refractivity contribution in [1.29, 1.82) is 0 Å². The molecule has 0 spiro atoms. The lowest BCUT2D eigenvalue weighted by Crippen LogP contribution is -2.28. The molecule has 0 aliphatic rings. The van der Waals surface area contributed by atoms with Crippen molar-refractivity contribution in [3.05, 3.63) is 56.1 Å². The van der Waals surface area contributed by atoms with Gasteiger partial charge in [-0.1, -0.05) is 11.6 Å². The fourth-order valence-corrected chi connectivity index (χ4v) is 2.00. The first kappa shape index (κ1) is 14.7. The van der Waals surface area contributed by atoms with Gasteiger partial charge in [0, 0.05) is 10.7 Å². The Morgan fingerprint density at radius 3 is 2.70 bits per heavy atom. The molecular weight excluding hydrogens is 346 g/mol. The molecule has 1 N–H and O–H groups in total. The normalized spacial score (nSPS) is 10.3. The molecule has 0 bridgehead atoms. The number of amides is 1. The van der Waals surface area contributed by atoms with E-state index in [1.165, 1.54) is 10.9 Å². The van der Waals surface area contributed by atoms with E-state index in [1.54, 1.807) is 31.2 Å². The lowest BCUT2D eigenvalue weighted by molar-refractivity contribution is -0.116. The third-order valence-corrected chi connectivity index (χ3v) is 3.76. The summed E-state index contributed by atoms with van der Waals surface area (Å²) in [7, 11) is 0. The van der Waals surface area contributed by atoms with Crippen LogP contribution in [-0.4, -0.2) is 15.5 Å².